The molecule has 1 aliphatic heterocycles. The van der Waals surface area contributed by atoms with Crippen LogP contribution in [0.1, 0.15) is 48.4 Å². The average Bonchev–Trinajstić information content (AvgIpc) is 3.38. The molecular weight excluding hydrogens is 394 g/mol. The van der Waals surface area contributed by atoms with E-state index in [-0.39, 0.29) is 11.9 Å². The number of amides is 1. The lowest BCUT2D eigenvalue weighted by atomic mass is 10.0. The van der Waals surface area contributed by atoms with Gasteiger partial charge in [-0.2, -0.15) is 4.98 Å². The van der Waals surface area contributed by atoms with Gasteiger partial charge in [-0.1, -0.05) is 28.9 Å². The second-order valence-corrected chi connectivity index (χ2v) is 7.76. The first-order valence-corrected chi connectivity index (χ1v) is 10.5. The van der Waals surface area contributed by atoms with Gasteiger partial charge in [0, 0.05) is 18.5 Å². The normalized spacial score (nSPS) is 16.1. The number of rotatable bonds is 7. The topological polar surface area (TPSA) is 77.7 Å². The number of carbonyl (C=O) groups is 1. The highest BCUT2D eigenvalue weighted by Gasteiger charge is 2.36. The van der Waals surface area contributed by atoms with Crippen LogP contribution in [-0.4, -0.2) is 34.7 Å². The molecule has 0 bridgehead atoms. The van der Waals surface area contributed by atoms with Crippen molar-refractivity contribution in [3.05, 3.63) is 59.0 Å². The third-order valence-electron chi connectivity index (χ3n) is 5.62. The Morgan fingerprint density at radius 2 is 2.00 bits per heavy atom. The Kier molecular flexibility index (Phi) is 5.93. The Hall–Kier alpha value is -3.35. The van der Waals surface area contributed by atoms with E-state index < -0.39 is 0 Å². The van der Waals surface area contributed by atoms with Crippen molar-refractivity contribution in [2.75, 3.05) is 13.7 Å². The van der Waals surface area contributed by atoms with E-state index in [1.54, 1.807) is 7.11 Å². The first-order chi connectivity index (χ1) is 15.0. The molecule has 162 valence electrons. The largest absolute Gasteiger partial charge is 0.493 e. The van der Waals surface area contributed by atoms with Crippen molar-refractivity contribution in [2.45, 2.75) is 46.2 Å². The summed E-state index contributed by atoms with van der Waals surface area (Å²) in [5.74, 6) is 2.30. The Labute approximate surface area is 182 Å². The quantitative estimate of drug-likeness (QED) is 0.554. The van der Waals surface area contributed by atoms with Crippen molar-refractivity contribution in [1.82, 2.24) is 15.0 Å². The Morgan fingerprint density at radius 1 is 1.16 bits per heavy atom. The number of hydrogen-bond donors (Lipinski definition) is 0. The van der Waals surface area contributed by atoms with Crippen molar-refractivity contribution in [2.24, 2.45) is 0 Å². The van der Waals surface area contributed by atoms with Crippen LogP contribution in [0.15, 0.2) is 40.9 Å². The van der Waals surface area contributed by atoms with Gasteiger partial charge in [0.15, 0.2) is 11.5 Å². The van der Waals surface area contributed by atoms with Crippen molar-refractivity contribution in [1.29, 1.82) is 0 Å². The van der Waals surface area contributed by atoms with E-state index in [2.05, 4.69) is 42.2 Å². The summed E-state index contributed by atoms with van der Waals surface area (Å²) in [6.45, 7) is 7.14. The summed E-state index contributed by atoms with van der Waals surface area (Å²) in [5.41, 5.74) is 4.27. The molecule has 1 amide bonds. The maximum absolute atomic E-state index is 12.6. The van der Waals surface area contributed by atoms with E-state index >= 15 is 0 Å². The first kappa shape index (κ1) is 20.9. The van der Waals surface area contributed by atoms with Crippen LogP contribution in [0.2, 0.25) is 0 Å². The van der Waals surface area contributed by atoms with Crippen molar-refractivity contribution in [3.63, 3.8) is 0 Å². The van der Waals surface area contributed by atoms with E-state index in [0.29, 0.717) is 49.2 Å². The molecule has 1 aliphatic rings. The zero-order valence-corrected chi connectivity index (χ0v) is 18.3. The van der Waals surface area contributed by atoms with Gasteiger partial charge in [-0.15, -0.1) is 0 Å². The van der Waals surface area contributed by atoms with Crippen LogP contribution in [0.4, 0.5) is 0 Å². The fourth-order valence-electron chi connectivity index (χ4n) is 3.96. The number of nitrogens with zero attached hydrogens (tertiary/aromatic N) is 3. The van der Waals surface area contributed by atoms with Crippen molar-refractivity contribution in [3.8, 4) is 22.9 Å². The summed E-state index contributed by atoms with van der Waals surface area (Å²) in [4.78, 5) is 19.1. The number of ether oxygens (including phenoxy) is 2. The molecule has 0 spiro atoms. The molecule has 31 heavy (non-hydrogen) atoms. The fraction of sp³-hybridized carbons (Fsp3) is 0.375. The lowest BCUT2D eigenvalue weighted by Gasteiger charge is -2.23. The number of benzene rings is 2. The van der Waals surface area contributed by atoms with Gasteiger partial charge in [-0.3, -0.25) is 4.79 Å². The lowest BCUT2D eigenvalue weighted by Crippen LogP contribution is -2.27. The Bertz CT molecular complexity index is 1090. The van der Waals surface area contributed by atoms with Gasteiger partial charge < -0.3 is 18.9 Å². The van der Waals surface area contributed by atoms with Gasteiger partial charge in [0.2, 0.25) is 17.6 Å². The molecule has 0 aliphatic carbocycles. The maximum atomic E-state index is 12.6. The molecule has 1 aromatic heterocycles. The smallest absolute Gasteiger partial charge is 0.249 e. The molecule has 1 saturated heterocycles. The van der Waals surface area contributed by atoms with Crippen LogP contribution < -0.4 is 9.47 Å². The molecule has 4 rings (SSSR count). The summed E-state index contributed by atoms with van der Waals surface area (Å²) in [6, 6.07) is 11.6. The molecule has 1 unspecified atom stereocenters. The summed E-state index contributed by atoms with van der Waals surface area (Å²) >= 11 is 0. The summed E-state index contributed by atoms with van der Waals surface area (Å²) < 4.78 is 16.6. The van der Waals surface area contributed by atoms with Crippen LogP contribution >= 0.6 is 0 Å². The molecule has 0 saturated carbocycles. The molecule has 0 radical (unpaired) electrons. The molecule has 3 aromatic rings. The van der Waals surface area contributed by atoms with Gasteiger partial charge in [0.25, 0.3) is 0 Å². The zero-order valence-electron chi connectivity index (χ0n) is 18.3. The van der Waals surface area contributed by atoms with E-state index in [9.17, 15) is 4.79 Å². The van der Waals surface area contributed by atoms with Crippen LogP contribution in [-0.2, 0) is 11.3 Å². The van der Waals surface area contributed by atoms with Gasteiger partial charge in [-0.05, 0) is 56.5 Å². The highest BCUT2D eigenvalue weighted by atomic mass is 16.5. The van der Waals surface area contributed by atoms with Gasteiger partial charge in [-0.25, -0.2) is 0 Å². The number of carbonyl (C=O) groups excluding carboxylic acids is 1. The minimum absolute atomic E-state index is 0.104. The Morgan fingerprint density at radius 3 is 2.74 bits per heavy atom. The summed E-state index contributed by atoms with van der Waals surface area (Å²) in [5, 5.41) is 4.16. The van der Waals surface area contributed by atoms with E-state index in [1.165, 1.54) is 11.1 Å². The van der Waals surface area contributed by atoms with E-state index in [0.717, 1.165) is 11.1 Å². The predicted molar refractivity (Wildman–Crippen MR) is 116 cm³/mol. The molecule has 7 nitrogen and oxygen atoms in total. The standard InChI is InChI=1S/C24H27N3O4/c1-5-30-20-10-8-17(13-21(20)29-4)23-25-24(31-26-23)19-9-11-22(28)27(19)14-18-7-6-15(2)12-16(18)3/h6-8,10,12-13,19H,5,9,11,14H2,1-4H3. The van der Waals surface area contributed by atoms with Gasteiger partial charge in [0.1, 0.15) is 6.04 Å². The molecule has 1 fully saturated rings. The van der Waals surface area contributed by atoms with Crippen molar-refractivity contribution < 1.29 is 18.8 Å². The zero-order chi connectivity index (χ0) is 22.0. The predicted octanol–water partition coefficient (Wildman–Crippen LogP) is 4.62. The van der Waals surface area contributed by atoms with E-state index in [4.69, 9.17) is 14.0 Å². The number of likely N-dealkylation sites (tertiary alicyclic amines) is 1. The number of aryl methyl sites for hydroxylation is 2. The van der Waals surface area contributed by atoms with Crippen LogP contribution in [0, 0.1) is 13.8 Å². The third-order valence-corrected chi connectivity index (χ3v) is 5.62. The second kappa shape index (κ2) is 8.79. The first-order valence-electron chi connectivity index (χ1n) is 10.5. The highest BCUT2D eigenvalue weighted by Crippen LogP contribution is 2.36. The van der Waals surface area contributed by atoms with Crippen molar-refractivity contribution >= 4 is 5.91 Å². The molecule has 2 heterocycles. The van der Waals surface area contributed by atoms with Gasteiger partial charge >= 0.3 is 0 Å². The SMILES string of the molecule is CCOc1ccc(-c2noc(C3CCC(=O)N3Cc3ccc(C)cc3C)n2)cc1OC. The minimum atomic E-state index is -0.223. The molecule has 2 aromatic carbocycles. The molecule has 0 N–H and O–H groups in total. The third kappa shape index (κ3) is 4.26. The van der Waals surface area contributed by atoms with Crippen LogP contribution in [0.25, 0.3) is 11.4 Å². The Balaban J connectivity index is 1.58. The second-order valence-electron chi connectivity index (χ2n) is 7.76. The lowest BCUT2D eigenvalue weighted by molar-refractivity contribution is -0.130. The fourth-order valence-corrected chi connectivity index (χ4v) is 3.96. The number of hydrogen-bond acceptors (Lipinski definition) is 6. The number of methoxy groups -OCH3 is 1. The average molecular weight is 421 g/mol. The molecule has 7 heteroatoms. The van der Waals surface area contributed by atoms with Crippen LogP contribution in [0.5, 0.6) is 11.5 Å². The maximum Gasteiger partial charge on any atom is 0.249 e. The van der Waals surface area contributed by atoms with Gasteiger partial charge in [0.05, 0.1) is 13.7 Å². The molecule has 1 atom stereocenters. The molecular formula is C24H27N3O4. The monoisotopic (exact) mass is 421 g/mol. The van der Waals surface area contributed by atoms with E-state index in [1.807, 2.05) is 30.0 Å². The number of aromatic nitrogens is 2. The van der Waals surface area contributed by atoms with Crippen LogP contribution in [0.3, 0.4) is 0 Å². The summed E-state index contributed by atoms with van der Waals surface area (Å²) in [6.07, 6.45) is 1.14. The highest BCUT2D eigenvalue weighted by molar-refractivity contribution is 5.79. The summed E-state index contributed by atoms with van der Waals surface area (Å²) in [7, 11) is 1.60. The minimum Gasteiger partial charge on any atom is -0.493 e.